The molecule has 1 heteroatoms. The summed E-state index contributed by atoms with van der Waals surface area (Å²) >= 11 is 0. The first-order valence-electron chi connectivity index (χ1n) is 4.70. The molecular weight excluding hydrogens is 158 g/mol. The molecule has 1 nitrogen and oxygen atoms in total. The zero-order valence-electron chi connectivity index (χ0n) is 9.31. The fourth-order valence-corrected chi connectivity index (χ4v) is 1.14. The van der Waals surface area contributed by atoms with E-state index in [1.807, 2.05) is 33.9 Å². The fraction of sp³-hybridized carbons (Fsp3) is 0.417. The van der Waals surface area contributed by atoms with Gasteiger partial charge in [0.25, 0.3) is 0 Å². The minimum absolute atomic E-state index is 1.06. The second-order valence-electron chi connectivity index (χ2n) is 2.92. The monoisotopic (exact) mass is 177 g/mol. The van der Waals surface area contributed by atoms with Crippen LogP contribution in [0, 0.1) is 13.8 Å². The summed E-state index contributed by atoms with van der Waals surface area (Å²) in [4.78, 5) is 4.20. The van der Waals surface area contributed by atoms with Gasteiger partial charge in [0.2, 0.25) is 0 Å². The zero-order chi connectivity index (χ0) is 10.4. The molecule has 1 aromatic heterocycles. The van der Waals surface area contributed by atoms with E-state index in [1.54, 1.807) is 0 Å². The second kappa shape index (κ2) is 5.52. The first-order chi connectivity index (χ1) is 6.11. The van der Waals surface area contributed by atoms with Crippen molar-refractivity contribution in [3.05, 3.63) is 35.7 Å². The fourth-order valence-electron chi connectivity index (χ4n) is 1.14. The Morgan fingerprint density at radius 3 is 2.23 bits per heavy atom. The van der Waals surface area contributed by atoms with Crippen molar-refractivity contribution in [2.75, 3.05) is 0 Å². The van der Waals surface area contributed by atoms with Gasteiger partial charge >= 0.3 is 0 Å². The van der Waals surface area contributed by atoms with E-state index in [-0.39, 0.29) is 0 Å². The first-order valence-corrected chi connectivity index (χ1v) is 4.70. The van der Waals surface area contributed by atoms with Crippen LogP contribution in [0.3, 0.4) is 0 Å². The Hall–Kier alpha value is -1.11. The van der Waals surface area contributed by atoms with Crippen LogP contribution in [0.5, 0.6) is 0 Å². The summed E-state index contributed by atoms with van der Waals surface area (Å²) in [6.45, 7) is 14.0. The minimum Gasteiger partial charge on any atom is -0.261 e. The summed E-state index contributed by atoms with van der Waals surface area (Å²) < 4.78 is 0. The number of rotatable bonds is 1. The highest BCUT2D eigenvalue weighted by Gasteiger charge is 1.98. The molecule has 0 aliphatic rings. The third kappa shape index (κ3) is 3.41. The minimum atomic E-state index is 1.06. The SMILES string of the molecule is C=C(C)c1cnc(C)cc1C.CC. The smallest absolute Gasteiger partial charge is 0.0375 e. The molecule has 13 heavy (non-hydrogen) atoms. The number of allylic oxidation sites excluding steroid dienone is 1. The van der Waals surface area contributed by atoms with Crippen molar-refractivity contribution in [1.29, 1.82) is 0 Å². The van der Waals surface area contributed by atoms with Crippen molar-refractivity contribution in [3.8, 4) is 0 Å². The predicted molar refractivity (Wildman–Crippen MR) is 59.8 cm³/mol. The van der Waals surface area contributed by atoms with Crippen molar-refractivity contribution in [2.24, 2.45) is 0 Å². The summed E-state index contributed by atoms with van der Waals surface area (Å²) in [7, 11) is 0. The van der Waals surface area contributed by atoms with Crippen LogP contribution in [0.1, 0.15) is 37.6 Å². The van der Waals surface area contributed by atoms with Crippen LogP contribution in [0.15, 0.2) is 18.8 Å². The summed E-state index contributed by atoms with van der Waals surface area (Å²) in [6, 6.07) is 2.07. The Morgan fingerprint density at radius 2 is 1.85 bits per heavy atom. The molecule has 0 spiro atoms. The lowest BCUT2D eigenvalue weighted by Crippen LogP contribution is -1.89. The summed E-state index contributed by atoms with van der Waals surface area (Å²) in [6.07, 6.45) is 1.88. The highest BCUT2D eigenvalue weighted by Crippen LogP contribution is 2.15. The van der Waals surface area contributed by atoms with E-state index >= 15 is 0 Å². The molecule has 0 fully saturated rings. The van der Waals surface area contributed by atoms with Gasteiger partial charge < -0.3 is 0 Å². The lowest BCUT2D eigenvalue weighted by Gasteiger charge is -2.03. The number of hydrogen-bond acceptors (Lipinski definition) is 1. The Balaban J connectivity index is 0.000000671. The lowest BCUT2D eigenvalue weighted by molar-refractivity contribution is 1.16. The molecule has 0 saturated carbocycles. The molecule has 72 valence electrons. The molecule has 1 aromatic rings. The van der Waals surface area contributed by atoms with Crippen LogP contribution in [-0.2, 0) is 0 Å². The van der Waals surface area contributed by atoms with Crippen LogP contribution in [0.4, 0.5) is 0 Å². The summed E-state index contributed by atoms with van der Waals surface area (Å²) in [5.74, 6) is 0. The van der Waals surface area contributed by atoms with Crippen LogP contribution in [-0.4, -0.2) is 4.98 Å². The van der Waals surface area contributed by atoms with Gasteiger partial charge in [0, 0.05) is 11.9 Å². The normalized spacial score (nSPS) is 8.69. The number of aryl methyl sites for hydroxylation is 2. The van der Waals surface area contributed by atoms with E-state index in [2.05, 4.69) is 24.6 Å². The topological polar surface area (TPSA) is 12.9 Å². The van der Waals surface area contributed by atoms with Gasteiger partial charge in [-0.05, 0) is 43.5 Å². The maximum Gasteiger partial charge on any atom is 0.0375 e. The van der Waals surface area contributed by atoms with Gasteiger partial charge in [0.15, 0.2) is 0 Å². The van der Waals surface area contributed by atoms with Crippen molar-refractivity contribution >= 4 is 5.57 Å². The molecule has 0 N–H and O–H groups in total. The highest BCUT2D eigenvalue weighted by molar-refractivity contribution is 5.63. The van der Waals surface area contributed by atoms with Gasteiger partial charge in [-0.3, -0.25) is 4.98 Å². The molecule has 0 aliphatic heterocycles. The van der Waals surface area contributed by atoms with E-state index < -0.39 is 0 Å². The molecule has 1 heterocycles. The van der Waals surface area contributed by atoms with Gasteiger partial charge in [-0.25, -0.2) is 0 Å². The van der Waals surface area contributed by atoms with Crippen molar-refractivity contribution in [2.45, 2.75) is 34.6 Å². The average molecular weight is 177 g/mol. The van der Waals surface area contributed by atoms with Crippen molar-refractivity contribution < 1.29 is 0 Å². The van der Waals surface area contributed by atoms with Gasteiger partial charge in [-0.2, -0.15) is 0 Å². The van der Waals surface area contributed by atoms with E-state index in [9.17, 15) is 0 Å². The molecule has 0 aromatic carbocycles. The lowest BCUT2D eigenvalue weighted by atomic mass is 10.1. The molecule has 0 saturated heterocycles. The van der Waals surface area contributed by atoms with Gasteiger partial charge in [0.1, 0.15) is 0 Å². The Labute approximate surface area is 81.5 Å². The van der Waals surface area contributed by atoms with Crippen LogP contribution >= 0.6 is 0 Å². The van der Waals surface area contributed by atoms with Crippen LogP contribution < -0.4 is 0 Å². The first kappa shape index (κ1) is 11.9. The highest BCUT2D eigenvalue weighted by atomic mass is 14.7. The molecular formula is C12H19N. The van der Waals surface area contributed by atoms with Crippen LogP contribution in [0.2, 0.25) is 0 Å². The molecule has 0 unspecified atom stereocenters. The predicted octanol–water partition coefficient (Wildman–Crippen LogP) is 3.76. The largest absolute Gasteiger partial charge is 0.261 e. The molecule has 0 radical (unpaired) electrons. The zero-order valence-corrected chi connectivity index (χ0v) is 9.31. The van der Waals surface area contributed by atoms with Gasteiger partial charge in [0.05, 0.1) is 0 Å². The van der Waals surface area contributed by atoms with Gasteiger partial charge in [-0.15, -0.1) is 0 Å². The quantitative estimate of drug-likeness (QED) is 0.636. The third-order valence-electron chi connectivity index (χ3n) is 1.71. The molecule has 1 rings (SSSR count). The summed E-state index contributed by atoms with van der Waals surface area (Å²) in [5, 5.41) is 0. The number of pyridine rings is 1. The Morgan fingerprint density at radius 1 is 1.31 bits per heavy atom. The van der Waals surface area contributed by atoms with Gasteiger partial charge in [-0.1, -0.05) is 20.4 Å². The van der Waals surface area contributed by atoms with E-state index in [4.69, 9.17) is 0 Å². The van der Waals surface area contributed by atoms with E-state index in [0.29, 0.717) is 0 Å². The Bertz CT molecular complexity index is 287. The van der Waals surface area contributed by atoms with E-state index in [1.165, 1.54) is 5.56 Å². The number of nitrogens with zero attached hydrogens (tertiary/aromatic N) is 1. The maximum absolute atomic E-state index is 4.20. The number of hydrogen-bond donors (Lipinski definition) is 0. The van der Waals surface area contributed by atoms with Crippen molar-refractivity contribution in [3.63, 3.8) is 0 Å². The van der Waals surface area contributed by atoms with Crippen LogP contribution in [0.25, 0.3) is 5.57 Å². The summed E-state index contributed by atoms with van der Waals surface area (Å²) in [5.41, 5.74) is 4.56. The number of aromatic nitrogens is 1. The second-order valence-corrected chi connectivity index (χ2v) is 2.92. The molecule has 0 amide bonds. The average Bonchev–Trinajstić information content (AvgIpc) is 2.07. The molecule has 0 bridgehead atoms. The molecule has 0 aliphatic carbocycles. The molecule has 0 atom stereocenters. The van der Waals surface area contributed by atoms with Crippen molar-refractivity contribution in [1.82, 2.24) is 4.98 Å². The maximum atomic E-state index is 4.20. The Kier molecular flexibility index (Phi) is 5.05. The standard InChI is InChI=1S/C10H13N.C2H6/c1-7(2)10-6-11-9(4)5-8(10)3;1-2/h5-6H,1H2,2-4H3;1-2H3. The van der Waals surface area contributed by atoms with E-state index in [0.717, 1.165) is 16.8 Å². The third-order valence-corrected chi connectivity index (χ3v) is 1.71.